The van der Waals surface area contributed by atoms with Crippen LogP contribution in [0.3, 0.4) is 0 Å². The number of esters is 3. The molecule has 1 heterocycles. The number of unbranched alkanes of at least 4 members (excludes halogenated alkanes) is 7. The molecule has 0 aromatic rings. The highest BCUT2D eigenvalue weighted by Crippen LogP contribution is 2.29. The van der Waals surface area contributed by atoms with Gasteiger partial charge in [-0.05, 0) is 27.2 Å². The van der Waals surface area contributed by atoms with Gasteiger partial charge in [0.25, 0.3) is 0 Å². The molecule has 1 unspecified atom stereocenters. The lowest BCUT2D eigenvalue weighted by atomic mass is 9.96. The molecular formula is C32H53Cl3N2O12. The van der Waals surface area contributed by atoms with Gasteiger partial charge in [0.2, 0.25) is 3.79 Å². The number of hydrogen-bond acceptors (Lipinski definition) is 12. The third-order valence-corrected chi connectivity index (χ3v) is 7.27. The first-order valence-electron chi connectivity index (χ1n) is 16.6. The van der Waals surface area contributed by atoms with Crippen LogP contribution >= 0.6 is 34.8 Å². The number of amides is 2. The van der Waals surface area contributed by atoms with Crippen molar-refractivity contribution in [2.45, 2.75) is 152 Å². The fraction of sp³-hybridized carbons (Fsp3) is 0.844. The second-order valence-electron chi connectivity index (χ2n) is 12.8. The number of rotatable bonds is 19. The van der Waals surface area contributed by atoms with E-state index in [0.717, 1.165) is 39.5 Å². The molecule has 0 bridgehead atoms. The van der Waals surface area contributed by atoms with Crippen molar-refractivity contribution in [1.29, 1.82) is 0 Å². The highest BCUT2D eigenvalue weighted by Gasteiger charge is 2.52. The number of hydrogen-bond donors (Lipinski definition) is 2. The minimum Gasteiger partial charge on any atom is -0.463 e. The fourth-order valence-electron chi connectivity index (χ4n) is 4.93. The van der Waals surface area contributed by atoms with Crippen LogP contribution in [0.5, 0.6) is 0 Å². The number of alkyl carbamates (subject to hydrolysis) is 2. The summed E-state index contributed by atoms with van der Waals surface area (Å²) >= 11 is 17.2. The summed E-state index contributed by atoms with van der Waals surface area (Å²) in [5, 5.41) is 5.32. The molecule has 0 aliphatic carbocycles. The van der Waals surface area contributed by atoms with Crippen LogP contribution in [0.2, 0.25) is 0 Å². The third kappa shape index (κ3) is 20.9. The zero-order valence-electron chi connectivity index (χ0n) is 29.5. The molecule has 1 rings (SSSR count). The first-order chi connectivity index (χ1) is 22.8. The molecule has 1 saturated heterocycles. The van der Waals surface area contributed by atoms with Crippen molar-refractivity contribution in [3.05, 3.63) is 0 Å². The van der Waals surface area contributed by atoms with Crippen LogP contribution in [0.15, 0.2) is 0 Å². The second-order valence-corrected chi connectivity index (χ2v) is 15.3. The van der Waals surface area contributed by atoms with Gasteiger partial charge in [-0.1, -0.05) is 93.1 Å². The van der Waals surface area contributed by atoms with Crippen molar-refractivity contribution < 1.29 is 57.1 Å². The van der Waals surface area contributed by atoms with E-state index < -0.39 is 89.4 Å². The van der Waals surface area contributed by atoms with Gasteiger partial charge in [-0.3, -0.25) is 14.4 Å². The van der Waals surface area contributed by atoms with Crippen molar-refractivity contribution in [3.63, 3.8) is 0 Å². The Bertz CT molecular complexity index is 1050. The predicted octanol–water partition coefficient (Wildman–Crippen LogP) is 6.04. The molecule has 1 aliphatic heterocycles. The van der Waals surface area contributed by atoms with Crippen molar-refractivity contribution >= 4 is 64.9 Å². The number of carbonyl (C=O) groups excluding carboxylic acids is 5. The van der Waals surface area contributed by atoms with Gasteiger partial charge in [0.05, 0.1) is 12.6 Å². The molecule has 0 aromatic carbocycles. The number of ether oxygens (including phenoxy) is 7. The summed E-state index contributed by atoms with van der Waals surface area (Å²) in [7, 11) is 0. The maximum atomic E-state index is 12.9. The lowest BCUT2D eigenvalue weighted by Gasteiger charge is -2.45. The Balaban J connectivity index is 3.32. The number of alkyl halides is 3. The Morgan fingerprint density at radius 1 is 0.776 bits per heavy atom. The zero-order valence-corrected chi connectivity index (χ0v) is 31.8. The Kier molecular flexibility index (Phi) is 20.6. The van der Waals surface area contributed by atoms with E-state index in [2.05, 4.69) is 17.6 Å². The Morgan fingerprint density at radius 2 is 1.35 bits per heavy atom. The average molecular weight is 764 g/mol. The van der Waals surface area contributed by atoms with E-state index in [4.69, 9.17) is 68.0 Å². The molecule has 284 valence electrons. The molecule has 14 nitrogen and oxygen atoms in total. The first-order valence-corrected chi connectivity index (χ1v) is 17.7. The molecule has 0 radical (unpaired) electrons. The topological polar surface area (TPSA) is 174 Å². The normalized spacial score (nSPS) is 21.6. The van der Waals surface area contributed by atoms with Gasteiger partial charge in [-0.25, -0.2) is 9.59 Å². The van der Waals surface area contributed by atoms with Crippen molar-refractivity contribution in [2.75, 3.05) is 19.8 Å². The number of nitrogens with one attached hydrogen (secondary N) is 2. The van der Waals surface area contributed by atoms with Crippen molar-refractivity contribution in [1.82, 2.24) is 10.6 Å². The van der Waals surface area contributed by atoms with E-state index in [1.165, 1.54) is 32.6 Å². The molecule has 17 heteroatoms. The molecular weight excluding hydrogens is 711 g/mol. The molecule has 0 saturated carbocycles. The molecule has 2 N–H and O–H groups in total. The SMILES string of the molecule is CCCCCCCCCCC(CO[C@@H]1O[C@H](COC(C)=O)[C@@H](OC(C)=O)[C@H](OC(C)=O)[C@H]1NC(=O)OCC(Cl)(Cl)Cl)NC(=O)OC(C)(C)C. The monoisotopic (exact) mass is 762 g/mol. The minimum absolute atomic E-state index is 0.146. The summed E-state index contributed by atoms with van der Waals surface area (Å²) in [5.41, 5.74) is -0.755. The van der Waals surface area contributed by atoms with E-state index in [1.807, 2.05) is 0 Å². The summed E-state index contributed by atoms with van der Waals surface area (Å²) in [6, 6.07) is -1.93. The summed E-state index contributed by atoms with van der Waals surface area (Å²) in [6.07, 6.45) is 1.95. The average Bonchev–Trinajstić information content (AvgIpc) is 2.95. The van der Waals surface area contributed by atoms with Crippen molar-refractivity contribution in [3.8, 4) is 0 Å². The van der Waals surface area contributed by atoms with E-state index in [0.29, 0.717) is 6.42 Å². The van der Waals surface area contributed by atoms with E-state index in [1.54, 1.807) is 20.8 Å². The molecule has 0 spiro atoms. The molecule has 2 amide bonds. The van der Waals surface area contributed by atoms with Gasteiger partial charge in [0.1, 0.15) is 31.0 Å². The van der Waals surface area contributed by atoms with Gasteiger partial charge in [0.15, 0.2) is 18.5 Å². The highest BCUT2D eigenvalue weighted by molar-refractivity contribution is 6.67. The smallest absolute Gasteiger partial charge is 0.407 e. The van der Waals surface area contributed by atoms with E-state index in [-0.39, 0.29) is 6.61 Å². The third-order valence-electron chi connectivity index (χ3n) is 6.94. The molecule has 0 aromatic heterocycles. The van der Waals surface area contributed by atoms with Gasteiger partial charge < -0.3 is 43.8 Å². The lowest BCUT2D eigenvalue weighted by molar-refractivity contribution is -0.278. The fourth-order valence-corrected chi connectivity index (χ4v) is 5.09. The van der Waals surface area contributed by atoms with Crippen LogP contribution in [-0.4, -0.2) is 96.0 Å². The molecule has 49 heavy (non-hydrogen) atoms. The minimum atomic E-state index is -1.93. The summed E-state index contributed by atoms with van der Waals surface area (Å²) in [5.74, 6) is -2.23. The second kappa shape index (κ2) is 22.5. The summed E-state index contributed by atoms with van der Waals surface area (Å²) in [6.45, 7) is 9.58. The van der Waals surface area contributed by atoms with Crippen LogP contribution in [-0.2, 0) is 47.5 Å². The Hall–Kier alpha value is -2.26. The van der Waals surface area contributed by atoms with E-state index >= 15 is 0 Å². The lowest BCUT2D eigenvalue weighted by Crippen LogP contribution is -2.67. The van der Waals surface area contributed by atoms with Gasteiger partial charge in [-0.15, -0.1) is 0 Å². The first kappa shape index (κ1) is 44.8. The Labute approximate surface area is 304 Å². The summed E-state index contributed by atoms with van der Waals surface area (Å²) < 4.78 is 36.9. The van der Waals surface area contributed by atoms with Gasteiger partial charge in [0, 0.05) is 20.8 Å². The largest absolute Gasteiger partial charge is 0.463 e. The number of halogens is 3. The Morgan fingerprint density at radius 3 is 1.88 bits per heavy atom. The molecule has 1 fully saturated rings. The van der Waals surface area contributed by atoms with Crippen LogP contribution in [0.4, 0.5) is 9.59 Å². The highest BCUT2D eigenvalue weighted by atomic mass is 35.6. The predicted molar refractivity (Wildman–Crippen MR) is 181 cm³/mol. The zero-order chi connectivity index (χ0) is 37.2. The standard InChI is InChI=1S/C32H53Cl3N2O12/c1-8-9-10-11-12-13-14-15-16-23(36-30(42)49-31(5,6)7)17-44-28-25(37-29(41)45-19-32(33,34)35)27(47-22(4)40)26(46-21(3)39)24(48-28)18-43-20(2)38/h23-28H,8-19H2,1-7H3,(H,36,42)(H,37,41)/t23?,24-,25-,26-,27-,28-/m1/s1. The molecule has 6 atom stereocenters. The van der Waals surface area contributed by atoms with Crippen LogP contribution in [0, 0.1) is 0 Å². The van der Waals surface area contributed by atoms with E-state index in [9.17, 15) is 24.0 Å². The maximum absolute atomic E-state index is 12.9. The van der Waals surface area contributed by atoms with Gasteiger partial charge in [-0.2, -0.15) is 0 Å². The van der Waals surface area contributed by atoms with Gasteiger partial charge >= 0.3 is 30.1 Å². The molecule has 1 aliphatic rings. The maximum Gasteiger partial charge on any atom is 0.407 e. The summed E-state index contributed by atoms with van der Waals surface area (Å²) in [4.78, 5) is 61.7. The number of carbonyl (C=O) groups is 5. The van der Waals surface area contributed by atoms with Crippen LogP contribution in [0.25, 0.3) is 0 Å². The van der Waals surface area contributed by atoms with Crippen LogP contribution in [0.1, 0.15) is 106 Å². The van der Waals surface area contributed by atoms with Crippen molar-refractivity contribution in [2.24, 2.45) is 0 Å². The quantitative estimate of drug-likeness (QED) is 0.0677. The van der Waals surface area contributed by atoms with Crippen LogP contribution < -0.4 is 10.6 Å².